The summed E-state index contributed by atoms with van der Waals surface area (Å²) in [5, 5.41) is 0. The summed E-state index contributed by atoms with van der Waals surface area (Å²) in [4.78, 5) is 15.0. The number of aryl methyl sites for hydroxylation is 1. The Kier molecular flexibility index (Phi) is 4.12. The number of hydrogen-bond acceptors (Lipinski definition) is 5. The summed E-state index contributed by atoms with van der Waals surface area (Å²) in [5.41, 5.74) is 5.15. The van der Waals surface area contributed by atoms with Crippen molar-refractivity contribution in [2.24, 2.45) is 5.73 Å². The van der Waals surface area contributed by atoms with Crippen LogP contribution in [0, 0.1) is 6.92 Å². The standard InChI is InChI=1S/C10H11F3N2O3/c1-5-3-6(4-14)15-7(9(16)17-2)8(5)18-10(11,12)13/h3H,4,14H2,1-2H3. The fourth-order valence-corrected chi connectivity index (χ4v) is 1.31. The fourth-order valence-electron chi connectivity index (χ4n) is 1.31. The lowest BCUT2D eigenvalue weighted by Crippen LogP contribution is -2.21. The number of hydrogen-bond donors (Lipinski definition) is 1. The van der Waals surface area contributed by atoms with Gasteiger partial charge in [-0.25, -0.2) is 9.78 Å². The number of carbonyl (C=O) groups excluding carboxylic acids is 1. The van der Waals surface area contributed by atoms with Crippen LogP contribution in [0.4, 0.5) is 13.2 Å². The Morgan fingerprint density at radius 1 is 1.50 bits per heavy atom. The first-order valence-corrected chi connectivity index (χ1v) is 4.83. The molecule has 0 amide bonds. The third-order valence-corrected chi connectivity index (χ3v) is 2.02. The molecule has 18 heavy (non-hydrogen) atoms. The summed E-state index contributed by atoms with van der Waals surface area (Å²) < 4.78 is 44.8. The molecule has 0 saturated carbocycles. The van der Waals surface area contributed by atoms with Gasteiger partial charge in [-0.2, -0.15) is 0 Å². The van der Waals surface area contributed by atoms with Crippen LogP contribution in [0.3, 0.4) is 0 Å². The van der Waals surface area contributed by atoms with E-state index in [9.17, 15) is 18.0 Å². The fraction of sp³-hybridized carbons (Fsp3) is 0.400. The van der Waals surface area contributed by atoms with Gasteiger partial charge in [-0.1, -0.05) is 0 Å². The van der Waals surface area contributed by atoms with Crippen LogP contribution in [-0.4, -0.2) is 24.4 Å². The maximum atomic E-state index is 12.2. The molecule has 1 heterocycles. The van der Waals surface area contributed by atoms with Crippen LogP contribution in [0.15, 0.2) is 6.07 Å². The number of methoxy groups -OCH3 is 1. The van der Waals surface area contributed by atoms with Crippen LogP contribution in [0.25, 0.3) is 0 Å². The zero-order chi connectivity index (χ0) is 13.9. The normalized spacial score (nSPS) is 11.2. The number of alkyl halides is 3. The van der Waals surface area contributed by atoms with E-state index in [4.69, 9.17) is 5.73 Å². The first-order valence-electron chi connectivity index (χ1n) is 4.83. The molecule has 0 fully saturated rings. The minimum atomic E-state index is -4.92. The number of nitrogens with zero attached hydrogens (tertiary/aromatic N) is 1. The van der Waals surface area contributed by atoms with Gasteiger partial charge in [0.25, 0.3) is 0 Å². The highest BCUT2D eigenvalue weighted by Crippen LogP contribution is 2.29. The van der Waals surface area contributed by atoms with Crippen LogP contribution < -0.4 is 10.5 Å². The van der Waals surface area contributed by atoms with E-state index in [-0.39, 0.29) is 17.8 Å². The second kappa shape index (κ2) is 5.21. The molecular weight excluding hydrogens is 253 g/mol. The Hall–Kier alpha value is -1.83. The van der Waals surface area contributed by atoms with E-state index < -0.39 is 23.8 Å². The van der Waals surface area contributed by atoms with Crippen molar-refractivity contribution < 1.29 is 27.4 Å². The molecule has 0 aliphatic carbocycles. The number of pyridine rings is 1. The van der Waals surface area contributed by atoms with Crippen molar-refractivity contribution in [2.45, 2.75) is 19.8 Å². The van der Waals surface area contributed by atoms with Crippen LogP contribution in [0.2, 0.25) is 0 Å². The molecule has 0 radical (unpaired) electrons. The summed E-state index contributed by atoms with van der Waals surface area (Å²) in [5.74, 6) is -1.70. The summed E-state index contributed by atoms with van der Waals surface area (Å²) in [7, 11) is 1.03. The average Bonchev–Trinajstić information content (AvgIpc) is 2.28. The van der Waals surface area contributed by atoms with Crippen molar-refractivity contribution in [3.8, 4) is 5.75 Å². The smallest absolute Gasteiger partial charge is 0.464 e. The van der Waals surface area contributed by atoms with Crippen molar-refractivity contribution in [1.29, 1.82) is 0 Å². The summed E-state index contributed by atoms with van der Waals surface area (Å²) >= 11 is 0. The van der Waals surface area contributed by atoms with Crippen molar-refractivity contribution in [1.82, 2.24) is 4.98 Å². The monoisotopic (exact) mass is 264 g/mol. The van der Waals surface area contributed by atoms with Gasteiger partial charge in [0.2, 0.25) is 0 Å². The third kappa shape index (κ3) is 3.33. The van der Waals surface area contributed by atoms with E-state index in [1.807, 2.05) is 0 Å². The maximum Gasteiger partial charge on any atom is 0.573 e. The highest BCUT2D eigenvalue weighted by atomic mass is 19.4. The zero-order valence-corrected chi connectivity index (χ0v) is 9.67. The molecule has 0 saturated heterocycles. The molecule has 0 aliphatic rings. The molecule has 0 bridgehead atoms. The van der Waals surface area contributed by atoms with Crippen molar-refractivity contribution in [2.75, 3.05) is 7.11 Å². The molecular formula is C10H11F3N2O3. The Labute approximate surface area is 101 Å². The van der Waals surface area contributed by atoms with Gasteiger partial charge in [0.15, 0.2) is 11.4 Å². The zero-order valence-electron chi connectivity index (χ0n) is 9.67. The molecule has 1 rings (SSSR count). The molecule has 5 nitrogen and oxygen atoms in total. The number of carbonyl (C=O) groups is 1. The highest BCUT2D eigenvalue weighted by molar-refractivity contribution is 5.90. The Morgan fingerprint density at radius 3 is 2.56 bits per heavy atom. The van der Waals surface area contributed by atoms with Gasteiger partial charge >= 0.3 is 12.3 Å². The lowest BCUT2D eigenvalue weighted by molar-refractivity contribution is -0.275. The van der Waals surface area contributed by atoms with Crippen LogP contribution in [-0.2, 0) is 11.3 Å². The van der Waals surface area contributed by atoms with Crippen molar-refractivity contribution in [3.05, 3.63) is 23.0 Å². The summed E-state index contributed by atoms with van der Waals surface area (Å²) in [6, 6.07) is 1.31. The molecule has 1 aromatic heterocycles. The number of aromatic nitrogens is 1. The predicted octanol–water partition coefficient (Wildman–Crippen LogP) is 1.53. The second-order valence-electron chi connectivity index (χ2n) is 3.35. The summed E-state index contributed by atoms with van der Waals surface area (Å²) in [6.07, 6.45) is -4.92. The molecule has 100 valence electrons. The topological polar surface area (TPSA) is 74.4 Å². The van der Waals surface area contributed by atoms with Crippen molar-refractivity contribution in [3.63, 3.8) is 0 Å². The average molecular weight is 264 g/mol. The van der Waals surface area contributed by atoms with Gasteiger partial charge in [0.05, 0.1) is 12.8 Å². The van der Waals surface area contributed by atoms with Crippen LogP contribution in [0.5, 0.6) is 5.75 Å². The predicted molar refractivity (Wildman–Crippen MR) is 54.9 cm³/mol. The molecule has 0 aromatic carbocycles. The second-order valence-corrected chi connectivity index (χ2v) is 3.35. The van der Waals surface area contributed by atoms with Crippen LogP contribution in [0.1, 0.15) is 21.7 Å². The van der Waals surface area contributed by atoms with Gasteiger partial charge < -0.3 is 15.2 Å². The number of esters is 1. The number of halogens is 3. The van der Waals surface area contributed by atoms with Gasteiger partial charge in [0.1, 0.15) is 0 Å². The summed E-state index contributed by atoms with van der Waals surface area (Å²) in [6.45, 7) is 1.34. The number of rotatable bonds is 3. The minimum absolute atomic E-state index is 0.0167. The van der Waals surface area contributed by atoms with Gasteiger partial charge in [-0.15, -0.1) is 13.2 Å². The van der Waals surface area contributed by atoms with E-state index >= 15 is 0 Å². The minimum Gasteiger partial charge on any atom is -0.464 e. The quantitative estimate of drug-likeness (QED) is 0.838. The molecule has 0 spiro atoms. The van der Waals surface area contributed by atoms with Crippen LogP contribution >= 0.6 is 0 Å². The Bertz CT molecular complexity index is 460. The first kappa shape index (κ1) is 14.2. The van der Waals surface area contributed by atoms with E-state index in [0.29, 0.717) is 0 Å². The van der Waals surface area contributed by atoms with Gasteiger partial charge in [-0.3, -0.25) is 0 Å². The molecule has 8 heteroatoms. The SMILES string of the molecule is COC(=O)c1nc(CN)cc(C)c1OC(F)(F)F. The van der Waals surface area contributed by atoms with Gasteiger partial charge in [0, 0.05) is 6.54 Å². The van der Waals surface area contributed by atoms with E-state index in [1.165, 1.54) is 13.0 Å². The molecule has 0 unspecified atom stereocenters. The molecule has 2 N–H and O–H groups in total. The highest BCUT2D eigenvalue weighted by Gasteiger charge is 2.34. The number of nitrogens with two attached hydrogens (primary N) is 1. The number of ether oxygens (including phenoxy) is 2. The molecule has 0 aliphatic heterocycles. The molecule has 1 aromatic rings. The Morgan fingerprint density at radius 2 is 2.11 bits per heavy atom. The van der Waals surface area contributed by atoms with E-state index in [1.54, 1.807) is 0 Å². The lowest BCUT2D eigenvalue weighted by Gasteiger charge is -2.14. The van der Waals surface area contributed by atoms with E-state index in [2.05, 4.69) is 14.5 Å². The molecule has 0 atom stereocenters. The van der Waals surface area contributed by atoms with E-state index in [0.717, 1.165) is 7.11 Å². The third-order valence-electron chi connectivity index (χ3n) is 2.02. The first-order chi connectivity index (χ1) is 8.28. The maximum absolute atomic E-state index is 12.2. The van der Waals surface area contributed by atoms with Gasteiger partial charge in [-0.05, 0) is 18.6 Å². The largest absolute Gasteiger partial charge is 0.573 e. The lowest BCUT2D eigenvalue weighted by atomic mass is 10.2. The Balaban J connectivity index is 3.33. The van der Waals surface area contributed by atoms with Crippen molar-refractivity contribution >= 4 is 5.97 Å².